The normalized spacial score (nSPS) is 22.3. The maximum Gasteiger partial charge on any atom is 2.00 e. The number of nitrogens with zero attached hydrogens (tertiary/aromatic N) is 4. The first-order valence-corrected chi connectivity index (χ1v) is 24.2. The topological polar surface area (TPSA) is 129 Å². The fourth-order valence-electron chi connectivity index (χ4n) is 10.2. The molecule has 0 saturated carbocycles. The standard InChI is InChI=1S/C55H75N4O5.Mg/c1-13-39-35(8)42-28-44-37(10)41(24-25-48(60)64-27-26-34(7)23-17-22-33(6)21-16-20-32(5)19-15-18-31(3)4)52(58-44)50-51(55(62)63-12)54(61)49-38(11)45(59-53(49)50)30-47-40(14-2)36(9)43(57-47)29-46(39)56-42;/h13,26,28-33,37,41,48,51,60H,1,14-25,27H2,2-12H3,(H-,58,59,61);/q-3;+2/p-1/b34-26-,43-29-,44-28-,47-30-;/t32-,33-,37+,41+,48?,51-;/m1./s1. The molecular weight excluding hydrogens is 821 g/mol. The average Bonchev–Trinajstić information content (AvgIpc) is 3.99. The van der Waals surface area contributed by atoms with E-state index in [9.17, 15) is 14.7 Å². The van der Waals surface area contributed by atoms with Gasteiger partial charge in [0.2, 0.25) is 0 Å². The molecule has 1 saturated heterocycles. The van der Waals surface area contributed by atoms with Crippen molar-refractivity contribution in [3.63, 3.8) is 0 Å². The number of ketones is 1. The van der Waals surface area contributed by atoms with E-state index in [1.165, 1.54) is 57.6 Å². The fraction of sp³-hybridized carbons (Fsp3) is 0.564. The van der Waals surface area contributed by atoms with Crippen molar-refractivity contribution >= 4 is 64.7 Å². The van der Waals surface area contributed by atoms with E-state index in [2.05, 4.69) is 68.0 Å². The minimum Gasteiger partial charge on any atom is -0.664 e. The third kappa shape index (κ3) is 11.8. The van der Waals surface area contributed by atoms with E-state index >= 15 is 0 Å². The molecule has 0 spiro atoms. The number of aliphatic hydroxyl groups excluding tert-OH is 1. The van der Waals surface area contributed by atoms with Crippen LogP contribution in [-0.4, -0.2) is 59.9 Å². The zero-order chi connectivity index (χ0) is 46.4. The molecule has 5 heterocycles. The monoisotopic (exact) mass is 895 g/mol. The first kappa shape index (κ1) is 52.1. The van der Waals surface area contributed by atoms with Gasteiger partial charge >= 0.3 is 29.0 Å². The summed E-state index contributed by atoms with van der Waals surface area (Å²) in [5.74, 6) is -0.223. The first-order chi connectivity index (χ1) is 30.6. The van der Waals surface area contributed by atoms with Crippen molar-refractivity contribution in [2.75, 3.05) is 13.7 Å². The Hall–Kier alpha value is -3.83. The number of Topliss-reactive ketones (excluding diaryl/α,β-unsaturated/α-hetero) is 1. The van der Waals surface area contributed by atoms with E-state index in [-0.39, 0.29) is 40.7 Å². The Morgan fingerprint density at radius 1 is 0.862 bits per heavy atom. The smallest absolute Gasteiger partial charge is 0.664 e. The van der Waals surface area contributed by atoms with Gasteiger partial charge in [-0.05, 0) is 95.0 Å². The van der Waals surface area contributed by atoms with Crippen molar-refractivity contribution in [3.8, 4) is 0 Å². The van der Waals surface area contributed by atoms with Crippen LogP contribution in [0.2, 0.25) is 0 Å². The summed E-state index contributed by atoms with van der Waals surface area (Å²) in [5, 5.41) is 18.1. The predicted molar refractivity (Wildman–Crippen MR) is 266 cm³/mol. The van der Waals surface area contributed by atoms with Gasteiger partial charge in [0.1, 0.15) is 5.92 Å². The van der Waals surface area contributed by atoms with Crippen LogP contribution in [0, 0.1) is 56.3 Å². The SMILES string of the molecule is C=Cc1c2[n-]c(c1C)/C=C1\[N-]/C(=C3\c4[n-]c(c(C)c4C(=O)[C@@H]3C(=O)OC)/C=c3\[n-]/c(c(C)c3CC)=C\2)[C@@H](CCC(O)OC/C=C(/C)CCC[C@H](C)CCC[C@H](C)CCCC(C)C)[C@@H]1C.[Mg+2]. The van der Waals surface area contributed by atoms with Crippen LogP contribution in [0.4, 0.5) is 0 Å². The Labute approximate surface area is 405 Å². The van der Waals surface area contributed by atoms with Crippen LogP contribution >= 0.6 is 0 Å². The van der Waals surface area contributed by atoms with Gasteiger partial charge in [-0.1, -0.05) is 157 Å². The number of allylic oxidation sites excluding steroid dienone is 3. The molecule has 3 aromatic rings. The molecule has 6 atom stereocenters. The molecule has 8 bridgehead atoms. The Bertz CT molecular complexity index is 2400. The van der Waals surface area contributed by atoms with Crippen LogP contribution in [-0.2, 0) is 20.7 Å². The fourth-order valence-corrected chi connectivity index (χ4v) is 10.2. The number of rotatable bonds is 21. The van der Waals surface area contributed by atoms with Crippen molar-refractivity contribution in [1.82, 2.24) is 15.0 Å². The second-order valence-electron chi connectivity index (χ2n) is 19.6. The van der Waals surface area contributed by atoms with Gasteiger partial charge in [-0.15, -0.1) is 33.5 Å². The zero-order valence-electron chi connectivity index (χ0n) is 41.4. The summed E-state index contributed by atoms with van der Waals surface area (Å²) in [6.07, 6.45) is 21.9. The number of aromatic nitrogens is 3. The maximum atomic E-state index is 14.4. The Balaban J connectivity index is 0.00000793. The second kappa shape index (κ2) is 23.3. The number of aliphatic hydroxyl groups is 1. The summed E-state index contributed by atoms with van der Waals surface area (Å²) in [6.45, 7) is 26.2. The van der Waals surface area contributed by atoms with Gasteiger partial charge in [-0.3, -0.25) is 9.59 Å². The van der Waals surface area contributed by atoms with Gasteiger partial charge in [0.05, 0.1) is 13.7 Å². The number of hydrogen-bond donors (Lipinski definition) is 1. The van der Waals surface area contributed by atoms with Gasteiger partial charge < -0.3 is 34.8 Å². The van der Waals surface area contributed by atoms with Crippen LogP contribution < -0.4 is 25.7 Å². The van der Waals surface area contributed by atoms with E-state index in [0.29, 0.717) is 53.2 Å². The van der Waals surface area contributed by atoms with Crippen molar-refractivity contribution in [3.05, 3.63) is 102 Å². The first-order valence-electron chi connectivity index (χ1n) is 24.2. The van der Waals surface area contributed by atoms with Crippen molar-refractivity contribution in [2.45, 2.75) is 153 Å². The van der Waals surface area contributed by atoms with Crippen LogP contribution in [0.15, 0.2) is 29.6 Å². The molecule has 0 amide bonds. The largest absolute Gasteiger partial charge is 2.00 e. The minimum atomic E-state index is -1.20. The van der Waals surface area contributed by atoms with Crippen molar-refractivity contribution < 1.29 is 24.2 Å². The van der Waals surface area contributed by atoms with Crippen molar-refractivity contribution in [2.24, 2.45) is 35.5 Å². The number of carbonyl (C=O) groups excluding carboxylic acids is 2. The number of esters is 1. The van der Waals surface area contributed by atoms with Gasteiger partial charge in [-0.25, -0.2) is 0 Å². The van der Waals surface area contributed by atoms with E-state index in [1.807, 2.05) is 38.2 Å². The van der Waals surface area contributed by atoms with Crippen LogP contribution in [0.5, 0.6) is 0 Å². The van der Waals surface area contributed by atoms with Crippen LogP contribution in [0.1, 0.15) is 180 Å². The van der Waals surface area contributed by atoms with Gasteiger partial charge in [0, 0.05) is 5.56 Å². The molecule has 1 N–H and O–H groups in total. The number of ether oxygens (including phenoxy) is 2. The summed E-state index contributed by atoms with van der Waals surface area (Å²) in [7, 11) is 1.31. The molecule has 9 nitrogen and oxygen atoms in total. The zero-order valence-corrected chi connectivity index (χ0v) is 42.8. The Morgan fingerprint density at radius 2 is 1.51 bits per heavy atom. The molecule has 3 aliphatic rings. The number of hydrogen-bond acceptors (Lipinski definition) is 5. The van der Waals surface area contributed by atoms with Crippen LogP contribution in [0.3, 0.4) is 0 Å². The Morgan fingerprint density at radius 3 is 2.15 bits per heavy atom. The van der Waals surface area contributed by atoms with Gasteiger partial charge in [-0.2, -0.15) is 11.4 Å². The minimum absolute atomic E-state index is 0. The van der Waals surface area contributed by atoms with E-state index in [1.54, 1.807) is 0 Å². The summed E-state index contributed by atoms with van der Waals surface area (Å²) in [5.41, 5.74) is 11.0. The summed E-state index contributed by atoms with van der Waals surface area (Å²) in [4.78, 5) is 43.3. The third-order valence-electron chi connectivity index (χ3n) is 14.3. The van der Waals surface area contributed by atoms with E-state index in [4.69, 9.17) is 29.7 Å². The molecule has 2 aliphatic heterocycles. The molecule has 65 heavy (non-hydrogen) atoms. The average molecular weight is 896 g/mol. The van der Waals surface area contributed by atoms with Gasteiger partial charge in [0.15, 0.2) is 12.1 Å². The second-order valence-corrected chi connectivity index (χ2v) is 19.6. The quantitative estimate of drug-likeness (QED) is 0.0368. The van der Waals surface area contributed by atoms with E-state index in [0.717, 1.165) is 87.1 Å². The Kier molecular flexibility index (Phi) is 18.7. The summed E-state index contributed by atoms with van der Waals surface area (Å²) in [6, 6.07) is 0. The van der Waals surface area contributed by atoms with Crippen molar-refractivity contribution in [1.29, 1.82) is 0 Å². The van der Waals surface area contributed by atoms with Gasteiger partial charge in [0.25, 0.3) is 0 Å². The molecule has 1 aliphatic carbocycles. The third-order valence-corrected chi connectivity index (χ3v) is 14.3. The molecule has 6 rings (SSSR count). The molecule has 0 radical (unpaired) electrons. The molecule has 1 fully saturated rings. The maximum absolute atomic E-state index is 14.4. The number of carbonyl (C=O) groups is 2. The summed E-state index contributed by atoms with van der Waals surface area (Å²) >= 11 is 0. The molecule has 348 valence electrons. The molecule has 0 aromatic carbocycles. The number of methoxy groups -OCH3 is 1. The molecule has 10 heteroatoms. The number of fused-ring (bicyclic) bond motifs is 7. The summed E-state index contributed by atoms with van der Waals surface area (Å²) < 4.78 is 11.3. The molecule has 3 aromatic heterocycles. The predicted octanol–water partition coefficient (Wildman–Crippen LogP) is 10.2. The van der Waals surface area contributed by atoms with E-state index < -0.39 is 18.2 Å². The molecule has 1 unspecified atom stereocenters. The molecular formula is C55H74MgN4O5-2. The van der Waals surface area contributed by atoms with Crippen LogP contribution in [0.25, 0.3) is 35.2 Å².